The molecule has 1 heterocycles. The van der Waals surface area contributed by atoms with E-state index in [1.54, 1.807) is 0 Å². The molecule has 20 heavy (non-hydrogen) atoms. The number of pyridine rings is 1. The Hall–Kier alpha value is -1.93. The second kappa shape index (κ2) is 6.02. The minimum Gasteiger partial charge on any atom is -0.494 e. The number of hydrogen-bond donors (Lipinski definition) is 0. The molecule has 112 valence electrons. The Morgan fingerprint density at radius 3 is 2.35 bits per heavy atom. The summed E-state index contributed by atoms with van der Waals surface area (Å²) in [7, 11) is 2.02. The van der Waals surface area contributed by atoms with E-state index in [-0.39, 0.29) is 5.56 Å². The summed E-state index contributed by atoms with van der Waals surface area (Å²) in [5, 5.41) is 0. The minimum atomic E-state index is -4.92. The number of ether oxygens (including phenoxy) is 2. The van der Waals surface area contributed by atoms with Gasteiger partial charge in [0.05, 0.1) is 20.6 Å². The molecule has 0 N–H and O–H groups in total. The van der Waals surface area contributed by atoms with Crippen LogP contribution in [0.2, 0.25) is 0 Å². The molecule has 0 saturated carbocycles. The zero-order valence-electron chi connectivity index (χ0n) is 10.4. The van der Waals surface area contributed by atoms with Gasteiger partial charge in [-0.3, -0.25) is 4.79 Å². The first-order valence-electron chi connectivity index (χ1n) is 5.20. The zero-order valence-corrected chi connectivity index (χ0v) is 10.4. The molecule has 1 aromatic heterocycles. The maximum Gasteiger partial charge on any atom is 0.433 e. The van der Waals surface area contributed by atoms with Crippen LogP contribution in [0.4, 0.5) is 22.0 Å². The van der Waals surface area contributed by atoms with Gasteiger partial charge in [-0.2, -0.15) is 13.2 Å². The van der Waals surface area contributed by atoms with Crippen molar-refractivity contribution in [2.45, 2.75) is 19.0 Å². The van der Waals surface area contributed by atoms with Crippen molar-refractivity contribution in [1.82, 2.24) is 4.98 Å². The van der Waals surface area contributed by atoms with E-state index in [9.17, 15) is 26.7 Å². The zero-order chi connectivity index (χ0) is 15.5. The highest BCUT2D eigenvalue weighted by Gasteiger charge is 2.36. The van der Waals surface area contributed by atoms with E-state index in [1.165, 1.54) is 0 Å². The molecule has 0 aliphatic carbocycles. The van der Waals surface area contributed by atoms with E-state index in [1.807, 2.05) is 0 Å². The molecule has 1 rings (SSSR count). The first-order valence-corrected chi connectivity index (χ1v) is 5.20. The maximum absolute atomic E-state index is 12.8. The number of halogens is 5. The third-order valence-electron chi connectivity index (χ3n) is 2.34. The van der Waals surface area contributed by atoms with E-state index < -0.39 is 42.1 Å². The van der Waals surface area contributed by atoms with Crippen molar-refractivity contribution in [3.8, 4) is 5.75 Å². The van der Waals surface area contributed by atoms with Gasteiger partial charge in [0.2, 0.25) is 0 Å². The highest BCUT2D eigenvalue weighted by Crippen LogP contribution is 2.36. The number of alkyl halides is 5. The van der Waals surface area contributed by atoms with Crippen LogP contribution in [0.5, 0.6) is 5.75 Å². The molecule has 1 aromatic rings. The van der Waals surface area contributed by atoms with Crippen molar-refractivity contribution >= 4 is 5.97 Å². The number of nitrogens with zero attached hydrogens (tertiary/aromatic N) is 1. The molecule has 9 heteroatoms. The predicted molar refractivity (Wildman–Crippen MR) is 56.5 cm³/mol. The standard InChI is InChI=1S/C11H10F5NO3/c1-19-7(18)4-5-3-6(11(14,15)16)17-8(10(12)13)9(5)20-2/h3,10H,4H2,1-2H3. The SMILES string of the molecule is COC(=O)Cc1cc(C(F)(F)F)nc(C(F)F)c1OC. The van der Waals surface area contributed by atoms with Gasteiger partial charge in [0.25, 0.3) is 6.43 Å². The number of hydrogen-bond acceptors (Lipinski definition) is 4. The van der Waals surface area contributed by atoms with Crippen LogP contribution >= 0.6 is 0 Å². The van der Waals surface area contributed by atoms with Crippen LogP contribution in [0.15, 0.2) is 6.07 Å². The monoisotopic (exact) mass is 299 g/mol. The Morgan fingerprint density at radius 2 is 1.95 bits per heavy atom. The van der Waals surface area contributed by atoms with Gasteiger partial charge >= 0.3 is 12.1 Å². The van der Waals surface area contributed by atoms with E-state index in [2.05, 4.69) is 14.5 Å². The summed E-state index contributed by atoms with van der Waals surface area (Å²) < 4.78 is 72.2. The largest absolute Gasteiger partial charge is 0.494 e. The highest BCUT2D eigenvalue weighted by atomic mass is 19.4. The van der Waals surface area contributed by atoms with Crippen molar-refractivity contribution in [2.75, 3.05) is 14.2 Å². The van der Waals surface area contributed by atoms with Crippen molar-refractivity contribution < 1.29 is 36.2 Å². The van der Waals surface area contributed by atoms with Crippen molar-refractivity contribution in [1.29, 1.82) is 0 Å². The van der Waals surface area contributed by atoms with Gasteiger partial charge in [-0.15, -0.1) is 0 Å². The molecule has 0 radical (unpaired) electrons. The lowest BCUT2D eigenvalue weighted by molar-refractivity contribution is -0.142. The molecular formula is C11H10F5NO3. The lowest BCUT2D eigenvalue weighted by Gasteiger charge is -2.15. The van der Waals surface area contributed by atoms with Crippen molar-refractivity contribution in [3.05, 3.63) is 23.0 Å². The van der Waals surface area contributed by atoms with Gasteiger partial charge in [0.1, 0.15) is 17.1 Å². The second-order valence-corrected chi connectivity index (χ2v) is 3.64. The summed E-state index contributed by atoms with van der Waals surface area (Å²) in [5.74, 6) is -1.44. The number of carbonyl (C=O) groups excluding carboxylic acids is 1. The molecule has 0 aliphatic rings. The van der Waals surface area contributed by atoms with Gasteiger partial charge in [-0.1, -0.05) is 0 Å². The minimum absolute atomic E-state index is 0.364. The molecular weight excluding hydrogens is 289 g/mol. The number of esters is 1. The van der Waals surface area contributed by atoms with Crippen LogP contribution in [0, 0.1) is 0 Å². The molecule has 0 spiro atoms. The van der Waals surface area contributed by atoms with Crippen LogP contribution in [0.25, 0.3) is 0 Å². The predicted octanol–water partition coefficient (Wildman–Crippen LogP) is 2.76. The Labute approximate surface area is 110 Å². The lowest BCUT2D eigenvalue weighted by Crippen LogP contribution is -2.15. The van der Waals surface area contributed by atoms with Gasteiger partial charge in [-0.25, -0.2) is 13.8 Å². The average Bonchev–Trinajstić information content (AvgIpc) is 2.36. The van der Waals surface area contributed by atoms with E-state index in [0.717, 1.165) is 14.2 Å². The first-order chi connectivity index (χ1) is 9.20. The summed E-state index contributed by atoms with van der Waals surface area (Å²) in [4.78, 5) is 14.0. The Morgan fingerprint density at radius 1 is 1.35 bits per heavy atom. The number of rotatable bonds is 4. The molecule has 0 atom stereocenters. The Balaban J connectivity index is 3.45. The summed E-state index contributed by atoms with van der Waals surface area (Å²) in [6.07, 6.45) is -8.82. The van der Waals surface area contributed by atoms with Crippen molar-refractivity contribution in [2.24, 2.45) is 0 Å². The fraction of sp³-hybridized carbons (Fsp3) is 0.455. The van der Waals surface area contributed by atoms with Crippen LogP contribution in [-0.4, -0.2) is 25.2 Å². The number of aromatic nitrogens is 1. The summed E-state index contributed by atoms with van der Waals surface area (Å²) in [6, 6.07) is 0.488. The summed E-state index contributed by atoms with van der Waals surface area (Å²) in [6.45, 7) is 0. The quantitative estimate of drug-likeness (QED) is 0.633. The lowest BCUT2D eigenvalue weighted by atomic mass is 10.1. The van der Waals surface area contributed by atoms with Crippen LogP contribution in [0.1, 0.15) is 23.4 Å². The number of methoxy groups -OCH3 is 2. The summed E-state index contributed by atoms with van der Waals surface area (Å²) >= 11 is 0. The van der Waals surface area contributed by atoms with Crippen LogP contribution in [0.3, 0.4) is 0 Å². The van der Waals surface area contributed by atoms with Gasteiger partial charge < -0.3 is 9.47 Å². The molecule has 0 saturated heterocycles. The molecule has 0 amide bonds. The Bertz CT molecular complexity index is 502. The molecule has 0 bridgehead atoms. The topological polar surface area (TPSA) is 48.4 Å². The van der Waals surface area contributed by atoms with Gasteiger partial charge in [-0.05, 0) is 6.07 Å². The normalized spacial score (nSPS) is 11.6. The van der Waals surface area contributed by atoms with E-state index in [0.29, 0.717) is 6.07 Å². The van der Waals surface area contributed by atoms with Gasteiger partial charge in [0.15, 0.2) is 0 Å². The van der Waals surface area contributed by atoms with Crippen molar-refractivity contribution in [3.63, 3.8) is 0 Å². The van der Waals surface area contributed by atoms with E-state index >= 15 is 0 Å². The second-order valence-electron chi connectivity index (χ2n) is 3.64. The fourth-order valence-corrected chi connectivity index (χ4v) is 1.50. The first kappa shape index (κ1) is 16.1. The number of carbonyl (C=O) groups is 1. The molecule has 0 aromatic carbocycles. The average molecular weight is 299 g/mol. The summed E-state index contributed by atoms with van der Waals surface area (Å²) in [5.41, 5.74) is -3.05. The fourth-order valence-electron chi connectivity index (χ4n) is 1.50. The third-order valence-corrected chi connectivity index (χ3v) is 2.34. The molecule has 0 aliphatic heterocycles. The van der Waals surface area contributed by atoms with Gasteiger partial charge in [0, 0.05) is 5.56 Å². The van der Waals surface area contributed by atoms with Crippen LogP contribution < -0.4 is 4.74 Å². The van der Waals surface area contributed by atoms with E-state index in [4.69, 9.17) is 0 Å². The molecule has 0 fully saturated rings. The maximum atomic E-state index is 12.8. The smallest absolute Gasteiger partial charge is 0.433 e. The Kier molecular flexibility index (Phi) is 4.85. The molecule has 4 nitrogen and oxygen atoms in total. The highest BCUT2D eigenvalue weighted by molar-refractivity contribution is 5.73. The van der Waals surface area contributed by atoms with Crippen LogP contribution in [-0.2, 0) is 22.1 Å². The molecule has 0 unspecified atom stereocenters. The third kappa shape index (κ3) is 3.55.